The molecule has 1 rings (SSSR count). The van der Waals surface area contributed by atoms with Crippen molar-refractivity contribution in [2.75, 3.05) is 6.61 Å². The van der Waals surface area contributed by atoms with E-state index in [0.717, 1.165) is 12.8 Å². The molecule has 0 aromatic carbocycles. The standard InChI is InChI=1S/C18H37NO2/c1-2-3-4-5-6-7-8-9-10-11-12-16-13-14-18(21)17(15-20)19-16/h16-21H,2-15H2,1H3/t16-,17+,18-/m0/s1. The van der Waals surface area contributed by atoms with Crippen LogP contribution < -0.4 is 5.32 Å². The van der Waals surface area contributed by atoms with Gasteiger partial charge in [0, 0.05) is 6.04 Å². The Kier molecular flexibility index (Phi) is 11.2. The number of aliphatic hydroxyl groups is 2. The predicted molar refractivity (Wildman–Crippen MR) is 89.5 cm³/mol. The lowest BCUT2D eigenvalue weighted by Crippen LogP contribution is -2.52. The van der Waals surface area contributed by atoms with Crippen LogP contribution in [-0.4, -0.2) is 35.0 Å². The van der Waals surface area contributed by atoms with Gasteiger partial charge in [-0.1, -0.05) is 71.1 Å². The van der Waals surface area contributed by atoms with E-state index >= 15 is 0 Å². The molecule has 0 bridgehead atoms. The zero-order chi connectivity index (χ0) is 15.3. The predicted octanol–water partition coefficient (Wildman–Crippen LogP) is 3.77. The number of hydrogen-bond donors (Lipinski definition) is 3. The van der Waals surface area contributed by atoms with Gasteiger partial charge in [-0.15, -0.1) is 0 Å². The van der Waals surface area contributed by atoms with Gasteiger partial charge in [0.25, 0.3) is 0 Å². The van der Waals surface area contributed by atoms with Crippen LogP contribution in [0.3, 0.4) is 0 Å². The molecule has 1 saturated heterocycles. The summed E-state index contributed by atoms with van der Waals surface area (Å²) in [7, 11) is 0. The highest BCUT2D eigenvalue weighted by Gasteiger charge is 2.27. The minimum Gasteiger partial charge on any atom is -0.395 e. The van der Waals surface area contributed by atoms with Gasteiger partial charge in [-0.25, -0.2) is 0 Å². The second-order valence-electron chi connectivity index (χ2n) is 6.77. The third-order valence-electron chi connectivity index (χ3n) is 4.83. The van der Waals surface area contributed by atoms with Gasteiger partial charge in [-0.05, 0) is 19.3 Å². The number of nitrogens with one attached hydrogen (secondary N) is 1. The summed E-state index contributed by atoms with van der Waals surface area (Å²) in [6, 6.07) is 0.395. The van der Waals surface area contributed by atoms with Crippen LogP contribution >= 0.6 is 0 Å². The fourth-order valence-electron chi connectivity index (χ4n) is 3.35. The molecular formula is C18H37NO2. The first kappa shape index (κ1) is 18.9. The smallest absolute Gasteiger partial charge is 0.0716 e. The summed E-state index contributed by atoms with van der Waals surface area (Å²) in [5.74, 6) is 0. The van der Waals surface area contributed by atoms with Crippen molar-refractivity contribution in [2.45, 2.75) is 109 Å². The van der Waals surface area contributed by atoms with Crippen LogP contribution in [0.15, 0.2) is 0 Å². The van der Waals surface area contributed by atoms with Crippen LogP contribution in [0.25, 0.3) is 0 Å². The first-order chi connectivity index (χ1) is 10.3. The molecule has 3 nitrogen and oxygen atoms in total. The van der Waals surface area contributed by atoms with E-state index in [4.69, 9.17) is 0 Å². The van der Waals surface area contributed by atoms with Crippen LogP contribution in [0.1, 0.15) is 90.4 Å². The Bertz CT molecular complexity index is 235. The first-order valence-corrected chi connectivity index (χ1v) is 9.33. The zero-order valence-corrected chi connectivity index (χ0v) is 14.0. The Morgan fingerprint density at radius 1 is 0.857 bits per heavy atom. The third kappa shape index (κ3) is 8.80. The Morgan fingerprint density at radius 2 is 1.43 bits per heavy atom. The van der Waals surface area contributed by atoms with Crippen LogP contribution in [0.4, 0.5) is 0 Å². The number of unbranched alkanes of at least 4 members (excludes halogenated alkanes) is 9. The Balaban J connectivity index is 1.88. The average Bonchev–Trinajstić information content (AvgIpc) is 2.50. The molecule has 0 aliphatic carbocycles. The SMILES string of the molecule is CCCCCCCCCCCC[C@H]1CC[C@H](O)[C@@H](CO)N1. The minimum atomic E-state index is -0.362. The van der Waals surface area contributed by atoms with Crippen LogP contribution in [0.2, 0.25) is 0 Å². The second kappa shape index (κ2) is 12.4. The number of hydrogen-bond acceptors (Lipinski definition) is 3. The van der Waals surface area contributed by atoms with Crippen molar-refractivity contribution >= 4 is 0 Å². The number of rotatable bonds is 12. The quantitative estimate of drug-likeness (QED) is 0.481. The Labute approximate surface area is 131 Å². The lowest BCUT2D eigenvalue weighted by atomic mass is 9.93. The molecule has 3 heteroatoms. The van der Waals surface area contributed by atoms with E-state index in [1.165, 1.54) is 70.6 Å². The molecule has 0 amide bonds. The highest BCUT2D eigenvalue weighted by molar-refractivity contribution is 4.86. The van der Waals surface area contributed by atoms with Crippen molar-refractivity contribution in [3.05, 3.63) is 0 Å². The van der Waals surface area contributed by atoms with E-state index < -0.39 is 0 Å². The van der Waals surface area contributed by atoms with Crippen molar-refractivity contribution < 1.29 is 10.2 Å². The van der Waals surface area contributed by atoms with Gasteiger partial charge < -0.3 is 15.5 Å². The van der Waals surface area contributed by atoms with E-state index in [-0.39, 0.29) is 18.8 Å². The monoisotopic (exact) mass is 299 g/mol. The molecule has 0 saturated carbocycles. The summed E-state index contributed by atoms with van der Waals surface area (Å²) >= 11 is 0. The summed E-state index contributed by atoms with van der Waals surface area (Å²) in [6.45, 7) is 2.32. The average molecular weight is 299 g/mol. The molecule has 3 N–H and O–H groups in total. The maximum absolute atomic E-state index is 9.71. The van der Waals surface area contributed by atoms with Gasteiger partial charge in [0.15, 0.2) is 0 Å². The summed E-state index contributed by atoms with van der Waals surface area (Å²) in [5.41, 5.74) is 0. The lowest BCUT2D eigenvalue weighted by molar-refractivity contribution is 0.0482. The number of piperidine rings is 1. The molecule has 0 aromatic rings. The molecule has 126 valence electrons. The molecule has 3 atom stereocenters. The van der Waals surface area contributed by atoms with Crippen molar-refractivity contribution in [1.82, 2.24) is 5.32 Å². The van der Waals surface area contributed by atoms with Gasteiger partial charge in [0.05, 0.1) is 18.8 Å². The molecule has 0 radical (unpaired) electrons. The second-order valence-corrected chi connectivity index (χ2v) is 6.77. The maximum atomic E-state index is 9.71. The minimum absolute atomic E-state index is 0.0513. The Hall–Kier alpha value is -0.120. The van der Waals surface area contributed by atoms with Crippen molar-refractivity contribution in [1.29, 1.82) is 0 Å². The number of aliphatic hydroxyl groups excluding tert-OH is 2. The fraction of sp³-hybridized carbons (Fsp3) is 1.00. The topological polar surface area (TPSA) is 52.5 Å². The summed E-state index contributed by atoms with van der Waals surface area (Å²) in [4.78, 5) is 0. The van der Waals surface area contributed by atoms with Crippen molar-refractivity contribution in [3.63, 3.8) is 0 Å². The maximum Gasteiger partial charge on any atom is 0.0716 e. The summed E-state index contributed by atoms with van der Waals surface area (Å²) in [5, 5.41) is 22.3. The van der Waals surface area contributed by atoms with E-state index in [1.54, 1.807) is 0 Å². The molecule has 1 aliphatic rings. The molecule has 1 fully saturated rings. The van der Waals surface area contributed by atoms with Crippen molar-refractivity contribution in [2.24, 2.45) is 0 Å². The highest BCUT2D eigenvalue weighted by atomic mass is 16.3. The zero-order valence-electron chi connectivity index (χ0n) is 14.0. The highest BCUT2D eigenvalue weighted by Crippen LogP contribution is 2.18. The summed E-state index contributed by atoms with van der Waals surface area (Å²) in [6.07, 6.45) is 16.5. The van der Waals surface area contributed by atoms with E-state index in [0.29, 0.717) is 6.04 Å². The molecule has 1 aliphatic heterocycles. The first-order valence-electron chi connectivity index (χ1n) is 9.33. The van der Waals surface area contributed by atoms with Crippen molar-refractivity contribution in [3.8, 4) is 0 Å². The normalized spacial score (nSPS) is 26.1. The van der Waals surface area contributed by atoms with Gasteiger partial charge >= 0.3 is 0 Å². The van der Waals surface area contributed by atoms with Crippen LogP contribution in [0.5, 0.6) is 0 Å². The van der Waals surface area contributed by atoms with Crippen LogP contribution in [-0.2, 0) is 0 Å². The third-order valence-corrected chi connectivity index (χ3v) is 4.83. The fourth-order valence-corrected chi connectivity index (χ4v) is 3.35. The van der Waals surface area contributed by atoms with E-state index in [9.17, 15) is 10.2 Å². The van der Waals surface area contributed by atoms with Gasteiger partial charge in [0.2, 0.25) is 0 Å². The van der Waals surface area contributed by atoms with Gasteiger partial charge in [-0.2, -0.15) is 0 Å². The van der Waals surface area contributed by atoms with Gasteiger partial charge in [0.1, 0.15) is 0 Å². The molecule has 21 heavy (non-hydrogen) atoms. The van der Waals surface area contributed by atoms with Crippen LogP contribution in [0, 0.1) is 0 Å². The van der Waals surface area contributed by atoms with E-state index in [2.05, 4.69) is 12.2 Å². The molecule has 0 unspecified atom stereocenters. The molecule has 1 heterocycles. The summed E-state index contributed by atoms with van der Waals surface area (Å²) < 4.78 is 0. The molecule has 0 spiro atoms. The largest absolute Gasteiger partial charge is 0.395 e. The lowest BCUT2D eigenvalue weighted by Gasteiger charge is -2.34. The Morgan fingerprint density at radius 3 is 2.00 bits per heavy atom. The molecular weight excluding hydrogens is 262 g/mol. The molecule has 0 aromatic heterocycles. The van der Waals surface area contributed by atoms with E-state index in [1.807, 2.05) is 0 Å². The van der Waals surface area contributed by atoms with Gasteiger partial charge in [-0.3, -0.25) is 0 Å².